The molecular weight excluding hydrogens is 748 g/mol. The van der Waals surface area contributed by atoms with Crippen molar-refractivity contribution in [1.29, 1.82) is 0 Å². The molecule has 4 aromatic heterocycles. The fourth-order valence-electron chi connectivity index (χ4n) is 6.86. The van der Waals surface area contributed by atoms with E-state index in [1.807, 2.05) is 60.8 Å². The van der Waals surface area contributed by atoms with Gasteiger partial charge in [0, 0.05) is 74.8 Å². The summed E-state index contributed by atoms with van der Waals surface area (Å²) in [6.07, 6.45) is 12.2. The van der Waals surface area contributed by atoms with E-state index in [4.69, 9.17) is 38.3 Å². The van der Waals surface area contributed by atoms with Crippen molar-refractivity contribution in [1.82, 2.24) is 29.7 Å². The molecule has 0 atom stereocenters. The van der Waals surface area contributed by atoms with Crippen LogP contribution in [0.5, 0.6) is 0 Å². The second-order valence-electron chi connectivity index (χ2n) is 14.7. The molecule has 7 N–H and O–H groups in total. The third kappa shape index (κ3) is 13.3. The van der Waals surface area contributed by atoms with E-state index in [-0.39, 0.29) is 7.43 Å². The fourth-order valence-corrected chi connectivity index (χ4v) is 7.05. The summed E-state index contributed by atoms with van der Waals surface area (Å²) in [5, 5.41) is 8.10. The first-order valence-electron chi connectivity index (χ1n) is 19.6. The Balaban J connectivity index is 0.000000181. The van der Waals surface area contributed by atoms with E-state index in [0.717, 1.165) is 95.9 Å². The van der Waals surface area contributed by atoms with E-state index in [2.05, 4.69) is 67.3 Å². The number of fused-ring (bicyclic) bond motifs is 2. The number of benzene rings is 2. The number of nitrogens with one attached hydrogen (secondary N) is 1. The van der Waals surface area contributed by atoms with Crippen molar-refractivity contribution in [3.8, 4) is 0 Å². The maximum atomic E-state index is 6.09. The lowest BCUT2D eigenvalue weighted by Gasteiger charge is -2.28. The van der Waals surface area contributed by atoms with E-state index >= 15 is 0 Å². The molecule has 12 nitrogen and oxygen atoms in total. The van der Waals surface area contributed by atoms with Gasteiger partial charge in [-0.25, -0.2) is 19.9 Å². The number of ether oxygens (including phenoxy) is 2. The highest BCUT2D eigenvalue weighted by Crippen LogP contribution is 2.22. The number of halogens is 1. The van der Waals surface area contributed by atoms with Crippen LogP contribution in [0.4, 0.5) is 17.5 Å². The Morgan fingerprint density at radius 1 is 0.621 bits per heavy atom. The second-order valence-corrected chi connectivity index (χ2v) is 15.1. The first-order valence-corrected chi connectivity index (χ1v) is 20.0. The molecule has 58 heavy (non-hydrogen) atoms. The van der Waals surface area contributed by atoms with Gasteiger partial charge in [-0.05, 0) is 121 Å². The Bertz CT molecular complexity index is 2170. The lowest BCUT2D eigenvalue weighted by Crippen LogP contribution is -2.34. The Labute approximate surface area is 348 Å². The number of piperidine rings is 2. The summed E-state index contributed by atoms with van der Waals surface area (Å²) in [4.78, 5) is 21.2. The van der Waals surface area contributed by atoms with Gasteiger partial charge < -0.3 is 41.8 Å². The predicted molar refractivity (Wildman–Crippen MR) is 238 cm³/mol. The molecule has 0 unspecified atom stereocenters. The zero-order valence-electron chi connectivity index (χ0n) is 33.0. The zero-order chi connectivity index (χ0) is 40.0. The zero-order valence-corrected chi connectivity index (χ0v) is 33.7. The van der Waals surface area contributed by atoms with Crippen molar-refractivity contribution < 1.29 is 9.47 Å². The van der Waals surface area contributed by atoms with Crippen LogP contribution in [0, 0.1) is 0 Å². The highest BCUT2D eigenvalue weighted by molar-refractivity contribution is 6.29. The highest BCUT2D eigenvalue weighted by atomic mass is 35.5. The molecule has 13 heteroatoms. The van der Waals surface area contributed by atoms with Gasteiger partial charge in [-0.2, -0.15) is 0 Å². The van der Waals surface area contributed by atoms with Crippen molar-refractivity contribution in [3.63, 3.8) is 0 Å². The summed E-state index contributed by atoms with van der Waals surface area (Å²) < 4.78 is 12.0. The monoisotopic (exact) mass is 806 g/mol. The number of hydrogen-bond acceptors (Lipinski definition) is 12. The summed E-state index contributed by atoms with van der Waals surface area (Å²) in [6, 6.07) is 24.0. The summed E-state index contributed by atoms with van der Waals surface area (Å²) in [6.45, 7) is 7.00. The topological polar surface area (TPSA) is 167 Å². The molecule has 0 aliphatic carbocycles. The number of aromatic nitrogens is 4. The molecule has 6 aromatic rings. The smallest absolute Gasteiger partial charge is 0.131 e. The largest absolute Gasteiger partial charge is 0.383 e. The second kappa shape index (κ2) is 22.3. The minimum atomic E-state index is 0. The SMILES string of the molecule is C.CN1CCC(OCc2ccnc(Cl)c2)CC1.CN1CCC(OCc2ccnc(NCc3ccc4c(N)nccc4c3)c2)CC1.NCc1ccc2c(N)nccc2c1. The Morgan fingerprint density at radius 3 is 1.64 bits per heavy atom. The minimum Gasteiger partial charge on any atom is -0.383 e. The van der Waals surface area contributed by atoms with E-state index in [1.54, 1.807) is 18.6 Å². The van der Waals surface area contributed by atoms with Gasteiger partial charge in [0.05, 0.1) is 25.4 Å². The van der Waals surface area contributed by atoms with Gasteiger partial charge in [0.25, 0.3) is 0 Å². The maximum absolute atomic E-state index is 6.09. The number of pyridine rings is 4. The molecule has 2 aliphatic rings. The van der Waals surface area contributed by atoms with Crippen LogP contribution in [0.15, 0.2) is 97.6 Å². The molecule has 2 aliphatic heterocycles. The predicted octanol–water partition coefficient (Wildman–Crippen LogP) is 7.69. The number of hydrogen-bond donors (Lipinski definition) is 4. The van der Waals surface area contributed by atoms with Crippen LogP contribution < -0.4 is 22.5 Å². The average molecular weight is 807 g/mol. The average Bonchev–Trinajstić information content (AvgIpc) is 3.23. The molecule has 0 radical (unpaired) electrons. The molecule has 8 rings (SSSR count). The Kier molecular flexibility index (Phi) is 17.0. The molecule has 2 fully saturated rings. The molecule has 2 aromatic carbocycles. The quantitative estimate of drug-likeness (QED) is 0.0999. The van der Waals surface area contributed by atoms with Crippen molar-refractivity contribution >= 4 is 50.6 Å². The van der Waals surface area contributed by atoms with Crippen molar-refractivity contribution in [2.75, 3.05) is 57.1 Å². The van der Waals surface area contributed by atoms with Gasteiger partial charge in [0.1, 0.15) is 22.6 Å². The van der Waals surface area contributed by atoms with Gasteiger partial charge in [0.15, 0.2) is 0 Å². The van der Waals surface area contributed by atoms with Crippen molar-refractivity contribution in [2.45, 2.75) is 71.6 Å². The molecule has 0 spiro atoms. The molecule has 2 saturated heterocycles. The van der Waals surface area contributed by atoms with Crippen LogP contribution >= 0.6 is 11.6 Å². The first-order chi connectivity index (χ1) is 27.7. The van der Waals surface area contributed by atoms with Crippen molar-refractivity contribution in [3.05, 3.63) is 125 Å². The molecule has 308 valence electrons. The third-order valence-corrected chi connectivity index (χ3v) is 10.6. The standard InChI is InChI=1S/C22H27N5O.C12H17ClN2O.C10H11N3.CH4/c1-27-10-6-19(7-11-27)28-15-17-4-8-24-21(13-17)26-14-16-2-3-20-18(12-16)5-9-25-22(20)23;1-15-6-3-11(4-7-15)16-9-10-2-5-14-12(13)8-10;11-6-7-1-2-9-8(5-7)3-4-13-10(9)12;/h2-5,8-9,12-13,19H,6-7,10-11,14-15H2,1H3,(H2,23,25)(H,24,26);2,5,8,11H,3-4,6-7,9H2,1H3;1-5H,6,11H2,(H2,12,13);1H4. The number of nitrogens with zero attached hydrogens (tertiary/aromatic N) is 6. The normalized spacial score (nSPS) is 15.2. The molecule has 0 bridgehead atoms. The van der Waals surface area contributed by atoms with Gasteiger partial charge in [-0.15, -0.1) is 0 Å². The summed E-state index contributed by atoms with van der Waals surface area (Å²) in [5.74, 6) is 2.00. The lowest BCUT2D eigenvalue weighted by atomic mass is 10.1. The van der Waals surface area contributed by atoms with Crippen LogP contribution in [-0.4, -0.2) is 82.2 Å². The summed E-state index contributed by atoms with van der Waals surface area (Å²) in [5.41, 5.74) is 21.7. The molecule has 0 amide bonds. The summed E-state index contributed by atoms with van der Waals surface area (Å²) >= 11 is 5.81. The molecular formula is C45H59ClN10O2. The van der Waals surface area contributed by atoms with Crippen LogP contribution in [0.1, 0.15) is 55.4 Å². The number of likely N-dealkylation sites (tertiary alicyclic amines) is 2. The number of nitrogens with two attached hydrogens (primary N) is 3. The molecule has 6 heterocycles. The van der Waals surface area contributed by atoms with Crippen LogP contribution in [-0.2, 0) is 35.8 Å². The fraction of sp³-hybridized carbons (Fsp3) is 0.378. The highest BCUT2D eigenvalue weighted by Gasteiger charge is 2.18. The Hall–Kier alpha value is -4.95. The first kappa shape index (κ1) is 44.2. The van der Waals surface area contributed by atoms with Gasteiger partial charge in [0.2, 0.25) is 0 Å². The minimum absolute atomic E-state index is 0. The maximum Gasteiger partial charge on any atom is 0.131 e. The van der Waals surface area contributed by atoms with E-state index in [9.17, 15) is 0 Å². The van der Waals surface area contributed by atoms with Gasteiger partial charge in [-0.1, -0.05) is 43.3 Å². The van der Waals surface area contributed by atoms with Crippen LogP contribution in [0.3, 0.4) is 0 Å². The van der Waals surface area contributed by atoms with Crippen LogP contribution in [0.2, 0.25) is 5.15 Å². The Morgan fingerprint density at radius 2 is 1.10 bits per heavy atom. The van der Waals surface area contributed by atoms with Crippen LogP contribution in [0.25, 0.3) is 21.5 Å². The molecule has 0 saturated carbocycles. The van der Waals surface area contributed by atoms with Crippen molar-refractivity contribution in [2.24, 2.45) is 5.73 Å². The lowest BCUT2D eigenvalue weighted by molar-refractivity contribution is 0.00204. The van der Waals surface area contributed by atoms with E-state index in [0.29, 0.717) is 55.3 Å². The van der Waals surface area contributed by atoms with E-state index < -0.39 is 0 Å². The number of anilines is 3. The van der Waals surface area contributed by atoms with Gasteiger partial charge in [-0.3, -0.25) is 0 Å². The summed E-state index contributed by atoms with van der Waals surface area (Å²) in [7, 11) is 4.32. The third-order valence-electron chi connectivity index (χ3n) is 10.3. The number of nitrogen functional groups attached to an aromatic ring is 2. The van der Waals surface area contributed by atoms with E-state index in [1.165, 1.54) is 5.56 Å². The van der Waals surface area contributed by atoms with Gasteiger partial charge >= 0.3 is 0 Å². The number of rotatable bonds is 10.